The third-order valence-corrected chi connectivity index (χ3v) is 2.74. The Kier molecular flexibility index (Phi) is 2.43. The fourth-order valence-corrected chi connectivity index (χ4v) is 1.69. The van der Waals surface area contributed by atoms with Crippen molar-refractivity contribution >= 4 is 22.5 Å². The normalized spacial score (nSPS) is 12.0. The van der Waals surface area contributed by atoms with E-state index in [-0.39, 0.29) is 5.41 Å². The summed E-state index contributed by atoms with van der Waals surface area (Å²) in [6.45, 7) is 6.54. The molecular formula is C13H14ClN. The van der Waals surface area contributed by atoms with E-state index in [0.29, 0.717) is 0 Å². The van der Waals surface area contributed by atoms with Gasteiger partial charge in [0.15, 0.2) is 0 Å². The number of pyridine rings is 1. The van der Waals surface area contributed by atoms with Crippen molar-refractivity contribution in [3.63, 3.8) is 0 Å². The molecule has 1 nitrogen and oxygen atoms in total. The summed E-state index contributed by atoms with van der Waals surface area (Å²) in [5, 5.41) is 1.87. The van der Waals surface area contributed by atoms with E-state index in [0.717, 1.165) is 15.9 Å². The van der Waals surface area contributed by atoms with Crippen LogP contribution in [0, 0.1) is 0 Å². The molecule has 2 rings (SSSR count). The molecule has 0 fully saturated rings. The highest BCUT2D eigenvalue weighted by Gasteiger charge is 2.14. The molecule has 2 aromatic rings. The Morgan fingerprint density at radius 2 is 1.87 bits per heavy atom. The molecule has 0 aliphatic heterocycles. The number of fused-ring (bicyclic) bond motifs is 1. The highest BCUT2D eigenvalue weighted by atomic mass is 35.5. The van der Waals surface area contributed by atoms with Gasteiger partial charge in [0.1, 0.15) is 0 Å². The number of hydrogen-bond acceptors (Lipinski definition) is 1. The Bertz CT molecular complexity index is 497. The van der Waals surface area contributed by atoms with Crippen molar-refractivity contribution in [3.05, 3.63) is 41.0 Å². The van der Waals surface area contributed by atoms with Gasteiger partial charge in [0, 0.05) is 16.6 Å². The van der Waals surface area contributed by atoms with Crippen molar-refractivity contribution in [2.24, 2.45) is 0 Å². The number of benzene rings is 1. The summed E-state index contributed by atoms with van der Waals surface area (Å²) in [7, 11) is 0. The zero-order valence-corrected chi connectivity index (χ0v) is 9.97. The molecule has 0 atom stereocenters. The van der Waals surface area contributed by atoms with Crippen molar-refractivity contribution in [1.29, 1.82) is 0 Å². The standard InChI is InChI=1S/C13H14ClN/c1-13(2,3)10-6-9-7-11(14)4-5-12(9)15-8-10/h4-8H,1-3H3. The highest BCUT2D eigenvalue weighted by molar-refractivity contribution is 6.31. The van der Waals surface area contributed by atoms with Crippen molar-refractivity contribution in [1.82, 2.24) is 4.98 Å². The molecule has 0 unspecified atom stereocenters. The van der Waals surface area contributed by atoms with Crippen LogP contribution in [0.1, 0.15) is 26.3 Å². The second-order valence-electron chi connectivity index (χ2n) is 4.81. The van der Waals surface area contributed by atoms with Crippen molar-refractivity contribution in [3.8, 4) is 0 Å². The number of aromatic nitrogens is 1. The third kappa shape index (κ3) is 2.13. The molecule has 0 aliphatic rings. The second kappa shape index (κ2) is 3.49. The molecule has 0 spiro atoms. The lowest BCUT2D eigenvalue weighted by molar-refractivity contribution is 0.589. The summed E-state index contributed by atoms with van der Waals surface area (Å²) in [6, 6.07) is 7.94. The maximum absolute atomic E-state index is 5.96. The van der Waals surface area contributed by atoms with Gasteiger partial charge < -0.3 is 0 Å². The first-order valence-corrected chi connectivity index (χ1v) is 5.40. The van der Waals surface area contributed by atoms with Crippen LogP contribution in [0.3, 0.4) is 0 Å². The smallest absolute Gasteiger partial charge is 0.0703 e. The van der Waals surface area contributed by atoms with Gasteiger partial charge in [-0.3, -0.25) is 4.98 Å². The molecule has 0 aliphatic carbocycles. The number of rotatable bonds is 0. The molecule has 2 heteroatoms. The molecule has 0 saturated carbocycles. The van der Waals surface area contributed by atoms with Gasteiger partial charge in [0.25, 0.3) is 0 Å². The van der Waals surface area contributed by atoms with E-state index in [9.17, 15) is 0 Å². The van der Waals surface area contributed by atoms with Crippen molar-refractivity contribution < 1.29 is 0 Å². The highest BCUT2D eigenvalue weighted by Crippen LogP contribution is 2.25. The molecular weight excluding hydrogens is 206 g/mol. The Hall–Kier alpha value is -1.08. The predicted octanol–water partition coefficient (Wildman–Crippen LogP) is 4.19. The minimum atomic E-state index is 0.128. The summed E-state index contributed by atoms with van der Waals surface area (Å²) in [6.07, 6.45) is 1.94. The summed E-state index contributed by atoms with van der Waals surface area (Å²) in [5.74, 6) is 0. The molecule has 0 saturated heterocycles. The first-order chi connectivity index (χ1) is 6.97. The minimum Gasteiger partial charge on any atom is -0.256 e. The van der Waals surface area contributed by atoms with Gasteiger partial charge in [-0.05, 0) is 35.2 Å². The lowest BCUT2D eigenvalue weighted by atomic mass is 9.88. The van der Waals surface area contributed by atoms with Gasteiger partial charge in [-0.15, -0.1) is 0 Å². The predicted molar refractivity (Wildman–Crippen MR) is 65.5 cm³/mol. The van der Waals surface area contributed by atoms with Gasteiger partial charge in [-0.2, -0.15) is 0 Å². The monoisotopic (exact) mass is 219 g/mol. The van der Waals surface area contributed by atoms with Gasteiger partial charge in [-0.1, -0.05) is 32.4 Å². The minimum absolute atomic E-state index is 0.128. The van der Waals surface area contributed by atoms with Crippen molar-refractivity contribution in [2.45, 2.75) is 26.2 Å². The summed E-state index contributed by atoms with van der Waals surface area (Å²) in [5.41, 5.74) is 2.36. The lowest BCUT2D eigenvalue weighted by Gasteiger charge is -2.18. The van der Waals surface area contributed by atoms with E-state index < -0.39 is 0 Å². The summed E-state index contributed by atoms with van der Waals surface area (Å²) >= 11 is 5.96. The molecule has 1 heterocycles. The van der Waals surface area contributed by atoms with E-state index in [1.807, 2.05) is 24.4 Å². The lowest BCUT2D eigenvalue weighted by Crippen LogP contribution is -2.11. The summed E-state index contributed by atoms with van der Waals surface area (Å²) in [4.78, 5) is 4.43. The zero-order valence-electron chi connectivity index (χ0n) is 9.21. The maximum Gasteiger partial charge on any atom is 0.0703 e. The van der Waals surface area contributed by atoms with Crippen LogP contribution in [0.2, 0.25) is 5.02 Å². The van der Waals surface area contributed by atoms with Crippen LogP contribution in [-0.2, 0) is 5.41 Å². The zero-order chi connectivity index (χ0) is 11.1. The Morgan fingerprint density at radius 1 is 1.13 bits per heavy atom. The molecule has 15 heavy (non-hydrogen) atoms. The fraction of sp³-hybridized carbons (Fsp3) is 0.308. The number of hydrogen-bond donors (Lipinski definition) is 0. The van der Waals surface area contributed by atoms with Gasteiger partial charge in [-0.25, -0.2) is 0 Å². The van der Waals surface area contributed by atoms with Gasteiger partial charge >= 0.3 is 0 Å². The topological polar surface area (TPSA) is 12.9 Å². The molecule has 0 radical (unpaired) electrons. The SMILES string of the molecule is CC(C)(C)c1cnc2ccc(Cl)cc2c1. The van der Waals surface area contributed by atoms with E-state index in [4.69, 9.17) is 11.6 Å². The van der Waals surface area contributed by atoms with Crippen LogP contribution in [0.4, 0.5) is 0 Å². The van der Waals surface area contributed by atoms with Gasteiger partial charge in [0.2, 0.25) is 0 Å². The van der Waals surface area contributed by atoms with Crippen LogP contribution >= 0.6 is 11.6 Å². The Labute approximate surface area is 95.1 Å². The average molecular weight is 220 g/mol. The van der Waals surface area contributed by atoms with Gasteiger partial charge in [0.05, 0.1) is 5.52 Å². The van der Waals surface area contributed by atoms with Crippen LogP contribution in [0.5, 0.6) is 0 Å². The molecule has 78 valence electrons. The maximum atomic E-state index is 5.96. The quantitative estimate of drug-likeness (QED) is 0.648. The Balaban J connectivity index is 2.64. The van der Waals surface area contributed by atoms with Crippen molar-refractivity contribution in [2.75, 3.05) is 0 Å². The second-order valence-corrected chi connectivity index (χ2v) is 5.25. The fourth-order valence-electron chi connectivity index (χ4n) is 1.51. The molecule has 1 aromatic carbocycles. The van der Waals surface area contributed by atoms with Crippen LogP contribution < -0.4 is 0 Å². The first-order valence-electron chi connectivity index (χ1n) is 5.02. The number of nitrogens with zero attached hydrogens (tertiary/aromatic N) is 1. The number of halogens is 1. The van der Waals surface area contributed by atoms with Crippen LogP contribution in [-0.4, -0.2) is 4.98 Å². The molecule has 0 N–H and O–H groups in total. The molecule has 1 aromatic heterocycles. The first kappa shape index (κ1) is 10.4. The summed E-state index contributed by atoms with van der Waals surface area (Å²) < 4.78 is 0. The Morgan fingerprint density at radius 3 is 2.53 bits per heavy atom. The van der Waals surface area contributed by atoms with E-state index >= 15 is 0 Å². The largest absolute Gasteiger partial charge is 0.256 e. The molecule has 0 bridgehead atoms. The molecule has 0 amide bonds. The van der Waals surface area contributed by atoms with E-state index in [2.05, 4.69) is 31.8 Å². The van der Waals surface area contributed by atoms with Crippen LogP contribution in [0.15, 0.2) is 30.5 Å². The van der Waals surface area contributed by atoms with Crippen LogP contribution in [0.25, 0.3) is 10.9 Å². The average Bonchev–Trinajstić information content (AvgIpc) is 2.15. The van der Waals surface area contributed by atoms with E-state index in [1.165, 1.54) is 5.56 Å². The van der Waals surface area contributed by atoms with E-state index in [1.54, 1.807) is 0 Å². The third-order valence-electron chi connectivity index (χ3n) is 2.51.